The van der Waals surface area contributed by atoms with E-state index in [1.165, 1.54) is 11.6 Å². The van der Waals surface area contributed by atoms with E-state index in [4.69, 9.17) is 9.76 Å². The van der Waals surface area contributed by atoms with Gasteiger partial charge in [-0.15, -0.1) is 5.10 Å². The second-order valence-electron chi connectivity index (χ2n) is 6.45. The van der Waals surface area contributed by atoms with E-state index in [1.54, 1.807) is 18.3 Å². The number of ketones is 2. The fraction of sp³-hybridized carbons (Fsp3) is 0.412. The van der Waals surface area contributed by atoms with Crippen LogP contribution in [-0.2, 0) is 24.2 Å². The van der Waals surface area contributed by atoms with E-state index in [9.17, 15) is 14.6 Å². The molecule has 2 heterocycles. The number of nitrogens with zero attached hydrogens (tertiary/aromatic N) is 3. The molecular formula is C17H20BN3O5. The lowest BCUT2D eigenvalue weighted by atomic mass is 9.64. The molecule has 1 aliphatic heterocycles. The zero-order chi connectivity index (χ0) is 18.7. The van der Waals surface area contributed by atoms with E-state index in [1.807, 2.05) is 6.07 Å². The molecule has 0 bridgehead atoms. The summed E-state index contributed by atoms with van der Waals surface area (Å²) in [4.78, 5) is 24.0. The Labute approximate surface area is 150 Å². The summed E-state index contributed by atoms with van der Waals surface area (Å²) in [6, 6.07) is 5.27. The standard InChI is InChI=1S/C17H20BN3O5/c1-11(23)16-4-2-3-12-7-13(18(25)26-17(12)16)8-15(24)10-21-9-14(5-6-22)19-20-21/h2-4,9,13,22,25H,5-8,10H2,1H3/t13-/m1/s1. The van der Waals surface area contributed by atoms with Crippen LogP contribution >= 0.6 is 0 Å². The van der Waals surface area contributed by atoms with Gasteiger partial charge >= 0.3 is 7.12 Å². The first-order valence-electron chi connectivity index (χ1n) is 8.47. The first-order chi connectivity index (χ1) is 12.5. The molecule has 2 N–H and O–H groups in total. The summed E-state index contributed by atoms with van der Waals surface area (Å²) in [7, 11) is -1.15. The van der Waals surface area contributed by atoms with Gasteiger partial charge in [-0.25, -0.2) is 4.68 Å². The fourth-order valence-corrected chi connectivity index (χ4v) is 3.12. The number of aliphatic hydroxyl groups excluding tert-OH is 1. The minimum atomic E-state index is -1.15. The molecule has 26 heavy (non-hydrogen) atoms. The first-order valence-corrected chi connectivity index (χ1v) is 8.47. The number of rotatable bonds is 7. The van der Waals surface area contributed by atoms with E-state index < -0.39 is 12.9 Å². The summed E-state index contributed by atoms with van der Waals surface area (Å²) in [6.07, 6.45) is 2.59. The third-order valence-electron chi connectivity index (χ3n) is 4.38. The average Bonchev–Trinajstić information content (AvgIpc) is 3.02. The molecule has 0 unspecified atom stereocenters. The van der Waals surface area contributed by atoms with Gasteiger partial charge in [-0.1, -0.05) is 17.3 Å². The number of benzene rings is 1. The van der Waals surface area contributed by atoms with Crippen molar-refractivity contribution in [2.45, 2.75) is 38.5 Å². The highest BCUT2D eigenvalue weighted by Gasteiger charge is 2.37. The number of hydrogen-bond acceptors (Lipinski definition) is 7. The van der Waals surface area contributed by atoms with Crippen LogP contribution in [0.25, 0.3) is 0 Å². The molecule has 1 aliphatic rings. The number of fused-ring (bicyclic) bond motifs is 1. The zero-order valence-electron chi connectivity index (χ0n) is 14.5. The molecule has 0 saturated carbocycles. The predicted octanol–water partition coefficient (Wildman–Crippen LogP) is 0.460. The van der Waals surface area contributed by atoms with Crippen molar-refractivity contribution in [3.8, 4) is 5.75 Å². The Morgan fingerprint density at radius 3 is 2.96 bits per heavy atom. The van der Waals surface area contributed by atoms with Crippen molar-refractivity contribution < 1.29 is 24.4 Å². The summed E-state index contributed by atoms with van der Waals surface area (Å²) in [5, 5.41) is 26.9. The first kappa shape index (κ1) is 18.3. The summed E-state index contributed by atoms with van der Waals surface area (Å²) < 4.78 is 6.97. The normalized spacial score (nSPS) is 16.1. The van der Waals surface area contributed by atoms with Crippen LogP contribution in [0.5, 0.6) is 5.75 Å². The lowest BCUT2D eigenvalue weighted by Crippen LogP contribution is -2.36. The smallest absolute Gasteiger partial charge is 0.526 e. The molecule has 0 amide bonds. The molecule has 8 nitrogen and oxygen atoms in total. The number of Topliss-reactive ketones (excluding diaryl/α,β-unsaturated/α-hetero) is 2. The highest BCUT2D eigenvalue weighted by molar-refractivity contribution is 6.47. The Morgan fingerprint density at radius 1 is 1.42 bits per heavy atom. The quantitative estimate of drug-likeness (QED) is 0.546. The minimum Gasteiger partial charge on any atom is -0.535 e. The van der Waals surface area contributed by atoms with Crippen molar-refractivity contribution in [1.29, 1.82) is 0 Å². The number of hydrogen-bond donors (Lipinski definition) is 2. The second-order valence-corrected chi connectivity index (χ2v) is 6.45. The number of aromatic nitrogens is 3. The van der Waals surface area contributed by atoms with E-state index >= 15 is 0 Å². The number of carbonyl (C=O) groups is 2. The van der Waals surface area contributed by atoms with Gasteiger partial charge in [0.25, 0.3) is 0 Å². The fourth-order valence-electron chi connectivity index (χ4n) is 3.12. The second kappa shape index (κ2) is 7.80. The lowest BCUT2D eigenvalue weighted by molar-refractivity contribution is -0.120. The van der Waals surface area contributed by atoms with Crippen LogP contribution in [0.3, 0.4) is 0 Å². The van der Waals surface area contributed by atoms with E-state index in [0.717, 1.165) is 5.56 Å². The van der Waals surface area contributed by atoms with Gasteiger partial charge in [-0.2, -0.15) is 0 Å². The minimum absolute atomic E-state index is 0.0279. The maximum atomic E-state index is 12.3. The lowest BCUT2D eigenvalue weighted by Gasteiger charge is -2.28. The van der Waals surface area contributed by atoms with Crippen LogP contribution in [0.15, 0.2) is 24.4 Å². The Morgan fingerprint density at radius 2 is 2.23 bits per heavy atom. The summed E-state index contributed by atoms with van der Waals surface area (Å²) in [5.74, 6) is -0.225. The topological polar surface area (TPSA) is 115 Å². The average molecular weight is 357 g/mol. The van der Waals surface area contributed by atoms with E-state index in [0.29, 0.717) is 29.8 Å². The third-order valence-corrected chi connectivity index (χ3v) is 4.38. The van der Waals surface area contributed by atoms with Gasteiger partial charge in [-0.05, 0) is 25.0 Å². The summed E-state index contributed by atoms with van der Waals surface area (Å²) >= 11 is 0. The molecule has 9 heteroatoms. The molecule has 0 fully saturated rings. The molecule has 136 valence electrons. The molecule has 1 aromatic heterocycles. The third kappa shape index (κ3) is 4.00. The molecule has 0 saturated heterocycles. The number of carbonyl (C=O) groups excluding carboxylic acids is 2. The van der Waals surface area contributed by atoms with E-state index in [-0.39, 0.29) is 31.1 Å². The van der Waals surface area contributed by atoms with Crippen molar-refractivity contribution in [2.75, 3.05) is 6.61 Å². The maximum Gasteiger partial charge on any atom is 0.526 e. The van der Waals surface area contributed by atoms with Gasteiger partial charge in [0.15, 0.2) is 11.6 Å². The summed E-state index contributed by atoms with van der Waals surface area (Å²) in [5.41, 5.74) is 1.86. The maximum absolute atomic E-state index is 12.3. The van der Waals surface area contributed by atoms with Crippen molar-refractivity contribution in [3.05, 3.63) is 41.2 Å². The van der Waals surface area contributed by atoms with Gasteiger partial charge in [0, 0.05) is 31.5 Å². The monoisotopic (exact) mass is 357 g/mol. The van der Waals surface area contributed by atoms with Gasteiger partial charge in [0.2, 0.25) is 0 Å². The van der Waals surface area contributed by atoms with Crippen LogP contribution in [0, 0.1) is 0 Å². The Kier molecular flexibility index (Phi) is 5.48. The molecule has 3 rings (SSSR count). The van der Waals surface area contributed by atoms with Crippen LogP contribution in [0.2, 0.25) is 5.82 Å². The van der Waals surface area contributed by atoms with Crippen LogP contribution in [-0.4, -0.2) is 50.4 Å². The van der Waals surface area contributed by atoms with Crippen LogP contribution < -0.4 is 4.65 Å². The van der Waals surface area contributed by atoms with Gasteiger partial charge in [0.1, 0.15) is 12.3 Å². The Bertz CT molecular complexity index is 822. The SMILES string of the molecule is CC(=O)c1cccc2c1OB(O)[C@@H](CC(=O)Cn1cc(CCO)nn1)C2. The molecule has 1 atom stereocenters. The predicted molar refractivity (Wildman–Crippen MR) is 92.9 cm³/mol. The molecule has 0 spiro atoms. The zero-order valence-corrected chi connectivity index (χ0v) is 14.5. The molecule has 2 aromatic rings. The van der Waals surface area contributed by atoms with Crippen molar-refractivity contribution in [1.82, 2.24) is 15.0 Å². The molecule has 0 aliphatic carbocycles. The Balaban J connectivity index is 1.66. The molecule has 0 radical (unpaired) electrons. The van der Waals surface area contributed by atoms with Gasteiger partial charge < -0.3 is 14.8 Å². The summed E-state index contributed by atoms with van der Waals surface area (Å²) in [6.45, 7) is 1.46. The van der Waals surface area contributed by atoms with Crippen LogP contribution in [0.1, 0.15) is 35.0 Å². The number of para-hydroxylation sites is 1. The van der Waals surface area contributed by atoms with Crippen molar-refractivity contribution >= 4 is 18.7 Å². The van der Waals surface area contributed by atoms with Gasteiger partial charge in [0.05, 0.1) is 11.3 Å². The molecular weight excluding hydrogens is 337 g/mol. The van der Waals surface area contributed by atoms with Crippen molar-refractivity contribution in [2.24, 2.45) is 0 Å². The number of aliphatic hydroxyl groups is 1. The van der Waals surface area contributed by atoms with E-state index in [2.05, 4.69) is 10.3 Å². The molecule has 1 aromatic carbocycles. The van der Waals surface area contributed by atoms with Crippen LogP contribution in [0.4, 0.5) is 0 Å². The highest BCUT2D eigenvalue weighted by atomic mass is 16.5. The highest BCUT2D eigenvalue weighted by Crippen LogP contribution is 2.36. The largest absolute Gasteiger partial charge is 0.535 e. The van der Waals surface area contributed by atoms with Crippen molar-refractivity contribution in [3.63, 3.8) is 0 Å². The Hall–Kier alpha value is -2.52. The van der Waals surface area contributed by atoms with Gasteiger partial charge in [-0.3, -0.25) is 9.59 Å².